The largest absolute Gasteiger partial charge is 0.304 e. The van der Waals surface area contributed by atoms with Crippen LogP contribution in [0.2, 0.25) is 0 Å². The molecule has 0 spiro atoms. The Labute approximate surface area is 76.5 Å². The molecule has 1 aliphatic heterocycles. The highest BCUT2D eigenvalue weighted by molar-refractivity contribution is 4.73. The highest BCUT2D eigenvalue weighted by Crippen LogP contribution is 2.08. The van der Waals surface area contributed by atoms with Crippen molar-refractivity contribution in [1.29, 1.82) is 0 Å². The Kier molecular flexibility index (Phi) is 4.02. The van der Waals surface area contributed by atoms with Gasteiger partial charge in [-0.15, -0.1) is 0 Å². The fraction of sp³-hybridized carbons (Fsp3) is 1.00. The Morgan fingerprint density at radius 1 is 1.17 bits per heavy atom. The summed E-state index contributed by atoms with van der Waals surface area (Å²) in [5, 5.41) is 0. The van der Waals surface area contributed by atoms with Crippen LogP contribution in [0.3, 0.4) is 0 Å². The van der Waals surface area contributed by atoms with E-state index in [1.54, 1.807) is 0 Å². The van der Waals surface area contributed by atoms with Crippen molar-refractivity contribution in [2.75, 3.05) is 33.2 Å². The number of piperazine rings is 1. The molecule has 1 saturated heterocycles. The van der Waals surface area contributed by atoms with E-state index in [1.165, 1.54) is 39.0 Å². The van der Waals surface area contributed by atoms with Crippen LogP contribution in [-0.2, 0) is 0 Å². The van der Waals surface area contributed by atoms with Gasteiger partial charge in [0.15, 0.2) is 0 Å². The fourth-order valence-corrected chi connectivity index (χ4v) is 1.86. The summed E-state index contributed by atoms with van der Waals surface area (Å²) in [6.07, 6.45) is 2.66. The Bertz CT molecular complexity index is 117. The normalized spacial score (nSPS) is 24.2. The van der Waals surface area contributed by atoms with E-state index in [-0.39, 0.29) is 0 Å². The average Bonchev–Trinajstić information content (AvgIpc) is 2.06. The van der Waals surface area contributed by atoms with Gasteiger partial charge in [0.05, 0.1) is 0 Å². The molecule has 12 heavy (non-hydrogen) atoms. The van der Waals surface area contributed by atoms with E-state index in [4.69, 9.17) is 0 Å². The van der Waals surface area contributed by atoms with Crippen LogP contribution in [0, 0.1) is 0 Å². The van der Waals surface area contributed by atoms with Crippen molar-refractivity contribution in [2.45, 2.75) is 32.7 Å². The zero-order valence-corrected chi connectivity index (χ0v) is 8.71. The van der Waals surface area contributed by atoms with Crippen molar-refractivity contribution < 1.29 is 0 Å². The first-order chi connectivity index (χ1) is 5.74. The van der Waals surface area contributed by atoms with E-state index in [0.717, 1.165) is 6.04 Å². The van der Waals surface area contributed by atoms with Gasteiger partial charge in [-0.3, -0.25) is 4.90 Å². The SMILES string of the molecule is CCC[C@H](C)N1CCN(C)CC1. The van der Waals surface area contributed by atoms with Crippen molar-refractivity contribution in [1.82, 2.24) is 9.80 Å². The van der Waals surface area contributed by atoms with Gasteiger partial charge in [0.2, 0.25) is 0 Å². The summed E-state index contributed by atoms with van der Waals surface area (Å²) in [6.45, 7) is 9.64. The van der Waals surface area contributed by atoms with Gasteiger partial charge in [0.25, 0.3) is 0 Å². The third kappa shape index (κ3) is 2.76. The molecule has 1 fully saturated rings. The molecule has 0 aromatic carbocycles. The molecule has 1 heterocycles. The van der Waals surface area contributed by atoms with E-state index >= 15 is 0 Å². The monoisotopic (exact) mass is 170 g/mol. The van der Waals surface area contributed by atoms with Crippen molar-refractivity contribution in [3.8, 4) is 0 Å². The maximum atomic E-state index is 2.61. The van der Waals surface area contributed by atoms with Crippen molar-refractivity contribution in [3.63, 3.8) is 0 Å². The predicted octanol–water partition coefficient (Wildman–Crippen LogP) is 1.42. The molecular weight excluding hydrogens is 148 g/mol. The Hall–Kier alpha value is -0.0800. The van der Waals surface area contributed by atoms with Crippen LogP contribution < -0.4 is 0 Å². The standard InChI is InChI=1S/C10H22N2/c1-4-5-10(2)12-8-6-11(3)7-9-12/h10H,4-9H2,1-3H3/t10-/m0/s1. The van der Waals surface area contributed by atoms with Crippen molar-refractivity contribution >= 4 is 0 Å². The first-order valence-corrected chi connectivity index (χ1v) is 5.16. The smallest absolute Gasteiger partial charge is 0.0113 e. The molecule has 0 unspecified atom stereocenters. The number of nitrogens with zero attached hydrogens (tertiary/aromatic N) is 2. The van der Waals surface area contributed by atoms with E-state index in [1.807, 2.05) is 0 Å². The summed E-state index contributed by atoms with van der Waals surface area (Å²) < 4.78 is 0. The van der Waals surface area contributed by atoms with Crippen LogP contribution >= 0.6 is 0 Å². The minimum Gasteiger partial charge on any atom is -0.304 e. The maximum absolute atomic E-state index is 2.61. The Morgan fingerprint density at radius 3 is 2.25 bits per heavy atom. The molecule has 72 valence electrons. The molecule has 0 saturated carbocycles. The molecule has 1 atom stereocenters. The molecule has 0 amide bonds. The fourth-order valence-electron chi connectivity index (χ4n) is 1.86. The molecular formula is C10H22N2. The van der Waals surface area contributed by atoms with Gasteiger partial charge in [-0.05, 0) is 20.4 Å². The summed E-state index contributed by atoms with van der Waals surface area (Å²) in [5.41, 5.74) is 0. The van der Waals surface area contributed by atoms with Crippen LogP contribution in [0.5, 0.6) is 0 Å². The molecule has 2 heteroatoms. The van der Waals surface area contributed by atoms with Crippen molar-refractivity contribution in [3.05, 3.63) is 0 Å². The zero-order chi connectivity index (χ0) is 8.97. The van der Waals surface area contributed by atoms with Gasteiger partial charge < -0.3 is 4.90 Å². The molecule has 1 aliphatic rings. The molecule has 0 radical (unpaired) electrons. The molecule has 0 bridgehead atoms. The molecule has 1 rings (SSSR count). The van der Waals surface area contributed by atoms with E-state index in [0.29, 0.717) is 0 Å². The van der Waals surface area contributed by atoms with Crippen LogP contribution in [0.4, 0.5) is 0 Å². The second-order valence-electron chi connectivity index (χ2n) is 3.98. The van der Waals surface area contributed by atoms with Crippen molar-refractivity contribution in [2.24, 2.45) is 0 Å². The third-order valence-corrected chi connectivity index (χ3v) is 2.87. The zero-order valence-electron chi connectivity index (χ0n) is 8.71. The summed E-state index contributed by atoms with van der Waals surface area (Å²) >= 11 is 0. The van der Waals surface area contributed by atoms with Gasteiger partial charge in [-0.25, -0.2) is 0 Å². The van der Waals surface area contributed by atoms with Crippen LogP contribution in [0.15, 0.2) is 0 Å². The highest BCUT2D eigenvalue weighted by Gasteiger charge is 2.17. The summed E-state index contributed by atoms with van der Waals surface area (Å²) in [7, 11) is 2.21. The van der Waals surface area contributed by atoms with Gasteiger partial charge in [0.1, 0.15) is 0 Å². The van der Waals surface area contributed by atoms with Crippen LogP contribution in [0.25, 0.3) is 0 Å². The van der Waals surface area contributed by atoms with Gasteiger partial charge in [-0.1, -0.05) is 13.3 Å². The molecule has 0 aromatic heterocycles. The van der Waals surface area contributed by atoms with E-state index in [2.05, 4.69) is 30.7 Å². The minimum absolute atomic E-state index is 0.795. The summed E-state index contributed by atoms with van der Waals surface area (Å²) in [6, 6.07) is 0.795. The second kappa shape index (κ2) is 4.83. The first kappa shape index (κ1) is 10.0. The lowest BCUT2D eigenvalue weighted by molar-refractivity contribution is 0.114. The molecule has 0 aromatic rings. The van der Waals surface area contributed by atoms with Gasteiger partial charge >= 0.3 is 0 Å². The van der Waals surface area contributed by atoms with E-state index in [9.17, 15) is 0 Å². The average molecular weight is 170 g/mol. The third-order valence-electron chi connectivity index (χ3n) is 2.87. The van der Waals surface area contributed by atoms with Gasteiger partial charge in [-0.2, -0.15) is 0 Å². The topological polar surface area (TPSA) is 6.48 Å². The molecule has 2 nitrogen and oxygen atoms in total. The molecule has 0 aliphatic carbocycles. The summed E-state index contributed by atoms with van der Waals surface area (Å²) in [5.74, 6) is 0. The summed E-state index contributed by atoms with van der Waals surface area (Å²) in [4.78, 5) is 5.03. The Balaban J connectivity index is 2.24. The van der Waals surface area contributed by atoms with E-state index < -0.39 is 0 Å². The highest BCUT2D eigenvalue weighted by atomic mass is 15.3. The Morgan fingerprint density at radius 2 is 1.75 bits per heavy atom. The second-order valence-corrected chi connectivity index (χ2v) is 3.98. The minimum atomic E-state index is 0.795. The number of rotatable bonds is 3. The molecule has 0 N–H and O–H groups in total. The van der Waals surface area contributed by atoms with Crippen LogP contribution in [0.1, 0.15) is 26.7 Å². The lowest BCUT2D eigenvalue weighted by atomic mass is 10.1. The number of likely N-dealkylation sites (N-methyl/N-ethyl adjacent to an activating group) is 1. The number of hydrogen-bond acceptors (Lipinski definition) is 2. The maximum Gasteiger partial charge on any atom is 0.0113 e. The lowest BCUT2D eigenvalue weighted by Gasteiger charge is -2.36. The number of hydrogen-bond donors (Lipinski definition) is 0. The lowest BCUT2D eigenvalue weighted by Crippen LogP contribution is -2.48. The first-order valence-electron chi connectivity index (χ1n) is 5.16. The van der Waals surface area contributed by atoms with Gasteiger partial charge in [0, 0.05) is 32.2 Å². The predicted molar refractivity (Wildman–Crippen MR) is 53.4 cm³/mol. The quantitative estimate of drug-likeness (QED) is 0.632. The van der Waals surface area contributed by atoms with Crippen LogP contribution in [-0.4, -0.2) is 49.1 Å².